The van der Waals surface area contributed by atoms with Gasteiger partial charge in [-0.1, -0.05) is 18.2 Å². The molecular formula is C18H21N7O. The molecule has 0 aliphatic rings. The first-order chi connectivity index (χ1) is 12.6. The van der Waals surface area contributed by atoms with E-state index in [0.717, 1.165) is 22.9 Å². The van der Waals surface area contributed by atoms with Crippen LogP contribution in [0.3, 0.4) is 0 Å². The van der Waals surface area contributed by atoms with Crippen molar-refractivity contribution < 1.29 is 4.79 Å². The van der Waals surface area contributed by atoms with Gasteiger partial charge in [0.15, 0.2) is 0 Å². The van der Waals surface area contributed by atoms with Crippen LogP contribution in [0.25, 0.3) is 5.82 Å². The van der Waals surface area contributed by atoms with Gasteiger partial charge in [0.25, 0.3) is 0 Å². The first kappa shape index (κ1) is 17.4. The van der Waals surface area contributed by atoms with E-state index in [2.05, 4.69) is 30.9 Å². The van der Waals surface area contributed by atoms with E-state index < -0.39 is 0 Å². The molecule has 8 heteroatoms. The van der Waals surface area contributed by atoms with E-state index in [1.165, 1.54) is 6.33 Å². The van der Waals surface area contributed by atoms with E-state index in [1.807, 2.05) is 54.9 Å². The topological polar surface area (TPSA) is 96.8 Å². The molecule has 134 valence electrons. The van der Waals surface area contributed by atoms with E-state index in [-0.39, 0.29) is 6.03 Å². The molecule has 0 atom stereocenters. The van der Waals surface area contributed by atoms with Crippen LogP contribution in [0.4, 0.5) is 16.3 Å². The molecule has 0 fully saturated rings. The first-order valence-corrected chi connectivity index (χ1v) is 8.30. The Bertz CT molecular complexity index is 891. The van der Waals surface area contributed by atoms with E-state index in [1.54, 1.807) is 6.20 Å². The van der Waals surface area contributed by atoms with Crippen molar-refractivity contribution in [3.8, 4) is 5.82 Å². The van der Waals surface area contributed by atoms with Gasteiger partial charge in [0.1, 0.15) is 23.8 Å². The number of amides is 2. The van der Waals surface area contributed by atoms with Crippen LogP contribution in [0.2, 0.25) is 0 Å². The Morgan fingerprint density at radius 1 is 1.12 bits per heavy atom. The lowest BCUT2D eigenvalue weighted by Gasteiger charge is -2.11. The van der Waals surface area contributed by atoms with Crippen LogP contribution < -0.4 is 16.0 Å². The molecule has 0 radical (unpaired) electrons. The summed E-state index contributed by atoms with van der Waals surface area (Å²) in [5.41, 5.74) is 1.82. The number of benzene rings is 1. The van der Waals surface area contributed by atoms with Gasteiger partial charge >= 0.3 is 6.03 Å². The number of imidazole rings is 1. The monoisotopic (exact) mass is 351 g/mol. The number of aromatic nitrogens is 4. The lowest BCUT2D eigenvalue weighted by molar-refractivity contribution is 0.252. The highest BCUT2D eigenvalue weighted by atomic mass is 16.2. The highest BCUT2D eigenvalue weighted by Gasteiger charge is 2.05. The van der Waals surface area contributed by atoms with Crippen molar-refractivity contribution >= 4 is 17.5 Å². The lowest BCUT2D eigenvalue weighted by atomic mass is 10.2. The number of nitrogens with zero attached hydrogens (tertiary/aromatic N) is 4. The molecule has 0 saturated carbocycles. The van der Waals surface area contributed by atoms with E-state index in [0.29, 0.717) is 18.9 Å². The molecule has 0 bridgehead atoms. The average Bonchev–Trinajstić information content (AvgIpc) is 3.07. The summed E-state index contributed by atoms with van der Waals surface area (Å²) in [6, 6.07) is 9.24. The minimum atomic E-state index is -0.237. The van der Waals surface area contributed by atoms with E-state index in [4.69, 9.17) is 0 Å². The second kappa shape index (κ2) is 8.11. The Labute approximate surface area is 151 Å². The molecule has 2 aromatic heterocycles. The fourth-order valence-electron chi connectivity index (χ4n) is 2.44. The van der Waals surface area contributed by atoms with E-state index in [9.17, 15) is 4.79 Å². The van der Waals surface area contributed by atoms with Gasteiger partial charge in [-0.2, -0.15) is 0 Å². The Morgan fingerprint density at radius 3 is 2.73 bits per heavy atom. The number of nitrogens with one attached hydrogen (secondary N) is 3. The van der Waals surface area contributed by atoms with Crippen molar-refractivity contribution in [1.29, 1.82) is 0 Å². The Hall–Kier alpha value is -3.42. The molecule has 2 heterocycles. The highest BCUT2D eigenvalue weighted by Crippen LogP contribution is 2.12. The fraction of sp³-hybridized carbons (Fsp3) is 0.222. The molecular weight excluding hydrogens is 330 g/mol. The number of hydrogen-bond acceptors (Lipinski definition) is 5. The van der Waals surface area contributed by atoms with Crippen molar-refractivity contribution in [3.05, 3.63) is 60.4 Å². The molecule has 0 spiro atoms. The summed E-state index contributed by atoms with van der Waals surface area (Å²) in [5.74, 6) is 2.27. The van der Waals surface area contributed by atoms with Gasteiger partial charge in [-0.25, -0.2) is 19.7 Å². The van der Waals surface area contributed by atoms with Crippen molar-refractivity contribution in [2.24, 2.45) is 0 Å². The highest BCUT2D eigenvalue weighted by molar-refractivity contribution is 5.90. The standard InChI is InChI=1S/C18H21N7O/c1-13-5-3-4-6-15(13)24-18(26)21-8-7-20-16-11-17(23-12-22-16)25-10-9-19-14(25)2/h3-6,9-12H,7-8H2,1-2H3,(H,20,22,23)(H2,21,24,26). The van der Waals surface area contributed by atoms with Gasteiger partial charge in [0, 0.05) is 37.2 Å². The average molecular weight is 351 g/mol. The predicted octanol–water partition coefficient (Wildman–Crippen LogP) is 2.51. The van der Waals surface area contributed by atoms with Gasteiger partial charge in [0.2, 0.25) is 0 Å². The van der Waals surface area contributed by atoms with Crippen LogP contribution >= 0.6 is 0 Å². The van der Waals surface area contributed by atoms with Gasteiger partial charge < -0.3 is 16.0 Å². The summed E-state index contributed by atoms with van der Waals surface area (Å²) >= 11 is 0. The SMILES string of the molecule is Cc1ccccc1NC(=O)NCCNc1cc(-n2ccnc2C)ncn1. The number of hydrogen-bond donors (Lipinski definition) is 3. The van der Waals surface area contributed by atoms with Crippen molar-refractivity contribution in [2.75, 3.05) is 23.7 Å². The van der Waals surface area contributed by atoms with Gasteiger partial charge in [-0.05, 0) is 25.5 Å². The maximum Gasteiger partial charge on any atom is 0.319 e. The summed E-state index contributed by atoms with van der Waals surface area (Å²) < 4.78 is 1.88. The van der Waals surface area contributed by atoms with Crippen molar-refractivity contribution in [2.45, 2.75) is 13.8 Å². The minimum Gasteiger partial charge on any atom is -0.368 e. The molecule has 0 saturated heterocycles. The lowest BCUT2D eigenvalue weighted by Crippen LogP contribution is -2.32. The van der Waals surface area contributed by atoms with Crippen molar-refractivity contribution in [1.82, 2.24) is 24.8 Å². The Balaban J connectivity index is 1.47. The third kappa shape index (κ3) is 4.35. The third-order valence-electron chi connectivity index (χ3n) is 3.84. The quantitative estimate of drug-likeness (QED) is 0.593. The normalized spacial score (nSPS) is 10.4. The maximum atomic E-state index is 11.9. The molecule has 3 rings (SSSR count). The predicted molar refractivity (Wildman–Crippen MR) is 101 cm³/mol. The maximum absolute atomic E-state index is 11.9. The van der Waals surface area contributed by atoms with Crippen LogP contribution in [0.5, 0.6) is 0 Å². The molecule has 1 aromatic carbocycles. The van der Waals surface area contributed by atoms with E-state index >= 15 is 0 Å². The van der Waals surface area contributed by atoms with Gasteiger partial charge in [-0.15, -0.1) is 0 Å². The molecule has 3 aromatic rings. The molecule has 2 amide bonds. The second-order valence-corrected chi connectivity index (χ2v) is 5.73. The second-order valence-electron chi connectivity index (χ2n) is 5.73. The third-order valence-corrected chi connectivity index (χ3v) is 3.84. The molecule has 0 aliphatic carbocycles. The van der Waals surface area contributed by atoms with Crippen LogP contribution in [-0.2, 0) is 0 Å². The minimum absolute atomic E-state index is 0.237. The number of para-hydroxylation sites is 1. The largest absolute Gasteiger partial charge is 0.368 e. The number of carbonyl (C=O) groups is 1. The number of carbonyl (C=O) groups excluding carboxylic acids is 1. The van der Waals surface area contributed by atoms with Crippen LogP contribution in [-0.4, -0.2) is 38.6 Å². The number of urea groups is 1. The summed E-state index contributed by atoms with van der Waals surface area (Å²) in [7, 11) is 0. The smallest absolute Gasteiger partial charge is 0.319 e. The van der Waals surface area contributed by atoms with Gasteiger partial charge in [-0.3, -0.25) is 4.57 Å². The Kier molecular flexibility index (Phi) is 5.43. The zero-order valence-corrected chi connectivity index (χ0v) is 14.7. The molecule has 26 heavy (non-hydrogen) atoms. The van der Waals surface area contributed by atoms with Crippen LogP contribution in [0.15, 0.2) is 49.1 Å². The zero-order chi connectivity index (χ0) is 18.4. The summed E-state index contributed by atoms with van der Waals surface area (Å²) in [6.07, 6.45) is 5.07. The first-order valence-electron chi connectivity index (χ1n) is 8.30. The summed E-state index contributed by atoms with van der Waals surface area (Å²) in [4.78, 5) is 24.6. The summed E-state index contributed by atoms with van der Waals surface area (Å²) in [5, 5.41) is 8.81. The molecule has 0 aliphatic heterocycles. The Morgan fingerprint density at radius 2 is 1.96 bits per heavy atom. The molecule has 0 unspecified atom stereocenters. The summed E-state index contributed by atoms with van der Waals surface area (Å²) in [6.45, 7) is 4.86. The van der Waals surface area contributed by atoms with Crippen LogP contribution in [0, 0.1) is 13.8 Å². The molecule has 8 nitrogen and oxygen atoms in total. The zero-order valence-electron chi connectivity index (χ0n) is 14.7. The van der Waals surface area contributed by atoms with Crippen LogP contribution in [0.1, 0.15) is 11.4 Å². The fourth-order valence-corrected chi connectivity index (χ4v) is 2.44. The number of rotatable bonds is 6. The molecule has 3 N–H and O–H groups in total. The van der Waals surface area contributed by atoms with Gasteiger partial charge in [0.05, 0.1) is 0 Å². The number of anilines is 2. The van der Waals surface area contributed by atoms with Crippen molar-refractivity contribution in [3.63, 3.8) is 0 Å². The number of aryl methyl sites for hydroxylation is 2.